The first-order valence-electron chi connectivity index (χ1n) is 6.20. The van der Waals surface area contributed by atoms with Crippen LogP contribution in [0.25, 0.3) is 0 Å². The van der Waals surface area contributed by atoms with Crippen LogP contribution in [0.15, 0.2) is 0 Å². The molecule has 0 aliphatic heterocycles. The van der Waals surface area contributed by atoms with Crippen molar-refractivity contribution in [3.05, 3.63) is 0 Å². The zero-order valence-electron chi connectivity index (χ0n) is 9.84. The minimum atomic E-state index is 0.980. The van der Waals surface area contributed by atoms with Crippen molar-refractivity contribution < 1.29 is 0 Å². The van der Waals surface area contributed by atoms with Crippen molar-refractivity contribution in [2.45, 2.75) is 59.8 Å². The van der Waals surface area contributed by atoms with E-state index < -0.39 is 0 Å². The van der Waals surface area contributed by atoms with Crippen LogP contribution in [0.4, 0.5) is 0 Å². The Hall–Kier alpha value is 0. The number of rotatable bonds is 3. The maximum atomic E-state index is 2.49. The van der Waals surface area contributed by atoms with Crippen LogP contribution in [0.3, 0.4) is 0 Å². The molecule has 0 aromatic rings. The minimum absolute atomic E-state index is 0.980. The molecule has 0 aromatic carbocycles. The van der Waals surface area contributed by atoms with E-state index in [0.717, 1.165) is 23.7 Å². The van der Waals surface area contributed by atoms with Crippen molar-refractivity contribution in [3.8, 4) is 0 Å². The Morgan fingerprint density at radius 1 is 1.08 bits per heavy atom. The highest BCUT2D eigenvalue weighted by molar-refractivity contribution is 4.82. The molecular weight excluding hydrogens is 156 g/mol. The van der Waals surface area contributed by atoms with Crippen LogP contribution in [0, 0.1) is 23.7 Å². The summed E-state index contributed by atoms with van der Waals surface area (Å²) in [5.41, 5.74) is 0. The van der Waals surface area contributed by atoms with E-state index in [1.165, 1.54) is 32.1 Å². The van der Waals surface area contributed by atoms with Crippen LogP contribution in [-0.2, 0) is 0 Å². The topological polar surface area (TPSA) is 0 Å². The van der Waals surface area contributed by atoms with E-state index in [9.17, 15) is 0 Å². The summed E-state index contributed by atoms with van der Waals surface area (Å²) >= 11 is 0. The van der Waals surface area contributed by atoms with E-state index in [2.05, 4.69) is 27.7 Å². The SMILES string of the molecule is CCCC1C(C)CCC(CC)C1C. The first kappa shape index (κ1) is 11.1. The summed E-state index contributed by atoms with van der Waals surface area (Å²) in [6.45, 7) is 9.64. The second kappa shape index (κ2) is 5.02. The third-order valence-electron chi connectivity index (χ3n) is 4.29. The van der Waals surface area contributed by atoms with Crippen molar-refractivity contribution in [2.24, 2.45) is 23.7 Å². The van der Waals surface area contributed by atoms with Gasteiger partial charge in [0.2, 0.25) is 0 Å². The summed E-state index contributed by atoms with van der Waals surface area (Å²) in [5.74, 6) is 4.00. The lowest BCUT2D eigenvalue weighted by Crippen LogP contribution is -2.31. The molecule has 0 saturated heterocycles. The first-order valence-corrected chi connectivity index (χ1v) is 6.20. The summed E-state index contributed by atoms with van der Waals surface area (Å²) in [6.07, 6.45) is 7.19. The highest BCUT2D eigenvalue weighted by Crippen LogP contribution is 2.41. The molecule has 0 radical (unpaired) electrons. The Morgan fingerprint density at radius 2 is 1.77 bits per heavy atom. The molecule has 0 spiro atoms. The molecule has 0 bridgehead atoms. The van der Waals surface area contributed by atoms with Crippen LogP contribution in [-0.4, -0.2) is 0 Å². The van der Waals surface area contributed by atoms with Crippen molar-refractivity contribution >= 4 is 0 Å². The standard InChI is InChI=1S/C13H26/c1-5-7-13-10(3)8-9-12(6-2)11(13)4/h10-13H,5-9H2,1-4H3. The van der Waals surface area contributed by atoms with E-state index in [1.807, 2.05) is 0 Å². The monoisotopic (exact) mass is 182 g/mol. The number of hydrogen-bond donors (Lipinski definition) is 0. The van der Waals surface area contributed by atoms with Crippen LogP contribution in [0.1, 0.15) is 59.8 Å². The zero-order valence-corrected chi connectivity index (χ0v) is 9.84. The van der Waals surface area contributed by atoms with Crippen molar-refractivity contribution in [1.29, 1.82) is 0 Å². The van der Waals surface area contributed by atoms with Gasteiger partial charge in [0.1, 0.15) is 0 Å². The summed E-state index contributed by atoms with van der Waals surface area (Å²) in [6, 6.07) is 0. The Kier molecular flexibility index (Phi) is 4.28. The predicted molar refractivity (Wildman–Crippen MR) is 59.7 cm³/mol. The zero-order chi connectivity index (χ0) is 9.84. The maximum absolute atomic E-state index is 2.49. The van der Waals surface area contributed by atoms with Gasteiger partial charge in [-0.15, -0.1) is 0 Å². The quantitative estimate of drug-likeness (QED) is 0.603. The Balaban J connectivity index is 2.55. The second-order valence-corrected chi connectivity index (χ2v) is 5.03. The van der Waals surface area contributed by atoms with Gasteiger partial charge >= 0.3 is 0 Å². The Morgan fingerprint density at radius 3 is 2.31 bits per heavy atom. The molecule has 1 aliphatic rings. The van der Waals surface area contributed by atoms with Gasteiger partial charge in [-0.3, -0.25) is 0 Å². The lowest BCUT2D eigenvalue weighted by atomic mass is 9.66. The van der Waals surface area contributed by atoms with Gasteiger partial charge in [-0.2, -0.15) is 0 Å². The third kappa shape index (κ3) is 2.48. The predicted octanol–water partition coefficient (Wildman–Crippen LogP) is 4.49. The molecule has 0 N–H and O–H groups in total. The molecular formula is C13H26. The summed E-state index contributed by atoms with van der Waals surface area (Å²) in [7, 11) is 0. The molecule has 0 nitrogen and oxygen atoms in total. The molecule has 1 aliphatic carbocycles. The van der Waals surface area contributed by atoms with Crippen LogP contribution < -0.4 is 0 Å². The van der Waals surface area contributed by atoms with Crippen molar-refractivity contribution in [3.63, 3.8) is 0 Å². The number of hydrogen-bond acceptors (Lipinski definition) is 0. The van der Waals surface area contributed by atoms with Gasteiger partial charge in [0, 0.05) is 0 Å². The van der Waals surface area contributed by atoms with Gasteiger partial charge < -0.3 is 0 Å². The minimum Gasteiger partial charge on any atom is -0.0654 e. The smallest absolute Gasteiger partial charge is 0.0360 e. The second-order valence-electron chi connectivity index (χ2n) is 5.03. The van der Waals surface area contributed by atoms with E-state index >= 15 is 0 Å². The summed E-state index contributed by atoms with van der Waals surface area (Å²) in [4.78, 5) is 0. The van der Waals surface area contributed by atoms with Crippen LogP contribution in [0.2, 0.25) is 0 Å². The van der Waals surface area contributed by atoms with E-state index in [0.29, 0.717) is 0 Å². The molecule has 0 heterocycles. The normalized spacial score (nSPS) is 40.6. The van der Waals surface area contributed by atoms with Gasteiger partial charge in [0.25, 0.3) is 0 Å². The van der Waals surface area contributed by atoms with Crippen LogP contribution in [0.5, 0.6) is 0 Å². The van der Waals surface area contributed by atoms with Crippen molar-refractivity contribution in [1.82, 2.24) is 0 Å². The van der Waals surface area contributed by atoms with E-state index in [-0.39, 0.29) is 0 Å². The van der Waals surface area contributed by atoms with Gasteiger partial charge in [-0.05, 0) is 30.1 Å². The highest BCUT2D eigenvalue weighted by Gasteiger charge is 2.32. The van der Waals surface area contributed by atoms with Gasteiger partial charge in [-0.25, -0.2) is 0 Å². The highest BCUT2D eigenvalue weighted by atomic mass is 14.4. The average Bonchev–Trinajstić information content (AvgIpc) is 2.12. The van der Waals surface area contributed by atoms with Crippen LogP contribution >= 0.6 is 0 Å². The fourth-order valence-electron chi connectivity index (χ4n) is 3.28. The molecule has 1 saturated carbocycles. The molecule has 78 valence electrons. The molecule has 4 unspecified atom stereocenters. The fourth-order valence-corrected chi connectivity index (χ4v) is 3.28. The largest absolute Gasteiger partial charge is 0.0654 e. The molecule has 1 rings (SSSR count). The average molecular weight is 182 g/mol. The lowest BCUT2D eigenvalue weighted by Gasteiger charge is -2.40. The summed E-state index contributed by atoms with van der Waals surface area (Å²) < 4.78 is 0. The lowest BCUT2D eigenvalue weighted by molar-refractivity contribution is 0.101. The third-order valence-corrected chi connectivity index (χ3v) is 4.29. The molecule has 1 fully saturated rings. The van der Waals surface area contributed by atoms with Gasteiger partial charge in [0.05, 0.1) is 0 Å². The van der Waals surface area contributed by atoms with E-state index in [4.69, 9.17) is 0 Å². The van der Waals surface area contributed by atoms with Gasteiger partial charge in [0.15, 0.2) is 0 Å². The van der Waals surface area contributed by atoms with E-state index in [1.54, 1.807) is 0 Å². The first-order chi connectivity index (χ1) is 6.20. The Labute approximate surface area is 84.1 Å². The Bertz CT molecular complexity index is 139. The van der Waals surface area contributed by atoms with Crippen molar-refractivity contribution in [2.75, 3.05) is 0 Å². The molecule has 4 atom stereocenters. The molecule has 13 heavy (non-hydrogen) atoms. The molecule has 0 aromatic heterocycles. The van der Waals surface area contributed by atoms with Gasteiger partial charge in [-0.1, -0.05) is 53.4 Å². The molecule has 0 amide bonds. The summed E-state index contributed by atoms with van der Waals surface area (Å²) in [5, 5.41) is 0. The molecule has 0 heteroatoms. The maximum Gasteiger partial charge on any atom is -0.0360 e. The fraction of sp³-hybridized carbons (Fsp3) is 1.00.